The highest BCUT2D eigenvalue weighted by molar-refractivity contribution is 5.63. The third kappa shape index (κ3) is 3.84. The minimum Gasteiger partial charge on any atom is -0.494 e. The second-order valence-corrected chi connectivity index (χ2v) is 6.84. The zero-order valence-corrected chi connectivity index (χ0v) is 13.8. The van der Waals surface area contributed by atoms with Gasteiger partial charge in [0.25, 0.3) is 0 Å². The lowest BCUT2D eigenvalue weighted by Crippen LogP contribution is -2.27. The summed E-state index contributed by atoms with van der Waals surface area (Å²) in [6, 6.07) is 1.77. The number of alkyl halides is 3. The number of nitrogen functional groups attached to an aromatic ring is 1. The molecule has 2 N–H and O–H groups in total. The monoisotopic (exact) mass is 340 g/mol. The first-order valence-corrected chi connectivity index (χ1v) is 8.47. The van der Waals surface area contributed by atoms with Gasteiger partial charge in [0.15, 0.2) is 0 Å². The first-order valence-electron chi connectivity index (χ1n) is 8.47. The van der Waals surface area contributed by atoms with Crippen molar-refractivity contribution in [1.29, 1.82) is 0 Å². The van der Waals surface area contributed by atoms with Crippen LogP contribution in [0.4, 0.5) is 19.0 Å². The van der Waals surface area contributed by atoms with Crippen molar-refractivity contribution >= 4 is 11.9 Å². The largest absolute Gasteiger partial charge is 0.494 e. The van der Waals surface area contributed by atoms with E-state index >= 15 is 0 Å². The molecule has 2 aliphatic rings. The average Bonchev–Trinajstić information content (AvgIpc) is 3.36. The maximum Gasteiger partial charge on any atom is 0.391 e. The summed E-state index contributed by atoms with van der Waals surface area (Å²) in [5.74, 6) is 0.643. The van der Waals surface area contributed by atoms with Crippen LogP contribution in [-0.4, -0.2) is 18.3 Å². The van der Waals surface area contributed by atoms with Crippen LogP contribution in [0.15, 0.2) is 12.1 Å². The molecule has 0 bridgehead atoms. The van der Waals surface area contributed by atoms with Crippen molar-refractivity contribution in [2.45, 2.75) is 50.6 Å². The van der Waals surface area contributed by atoms with Crippen molar-refractivity contribution < 1.29 is 17.9 Å². The molecule has 2 aliphatic carbocycles. The highest BCUT2D eigenvalue weighted by Gasteiger charge is 2.41. The Kier molecular flexibility index (Phi) is 4.74. The highest BCUT2D eigenvalue weighted by atomic mass is 19.4. The van der Waals surface area contributed by atoms with Crippen molar-refractivity contribution in [3.05, 3.63) is 23.4 Å². The molecule has 1 aromatic rings. The smallest absolute Gasteiger partial charge is 0.391 e. The summed E-state index contributed by atoms with van der Waals surface area (Å²) >= 11 is 0. The Bertz CT molecular complexity index is 615. The average molecular weight is 340 g/mol. The van der Waals surface area contributed by atoms with E-state index in [-0.39, 0.29) is 18.8 Å². The minimum absolute atomic E-state index is 0.173. The van der Waals surface area contributed by atoms with E-state index in [1.54, 1.807) is 13.2 Å². The first-order chi connectivity index (χ1) is 11.4. The maximum atomic E-state index is 12.7. The lowest BCUT2D eigenvalue weighted by Gasteiger charge is -2.28. The number of halogens is 3. The lowest BCUT2D eigenvalue weighted by molar-refractivity contribution is -0.183. The summed E-state index contributed by atoms with van der Waals surface area (Å²) in [6.45, 7) is 0. The fraction of sp³-hybridized carbons (Fsp3) is 0.611. The normalized spacial score (nSPS) is 25.2. The van der Waals surface area contributed by atoms with Crippen LogP contribution in [0.5, 0.6) is 5.75 Å². The van der Waals surface area contributed by atoms with Crippen molar-refractivity contribution in [3.8, 4) is 5.75 Å². The minimum atomic E-state index is -4.06. The van der Waals surface area contributed by atoms with Gasteiger partial charge in [0.05, 0.1) is 18.7 Å². The van der Waals surface area contributed by atoms with E-state index in [9.17, 15) is 13.2 Å². The Labute approximate surface area is 140 Å². The number of anilines is 1. The summed E-state index contributed by atoms with van der Waals surface area (Å²) in [5, 5.41) is 0. The quantitative estimate of drug-likeness (QED) is 0.845. The molecule has 0 amide bonds. The number of methoxy groups -OCH3 is 1. The molecule has 24 heavy (non-hydrogen) atoms. The highest BCUT2D eigenvalue weighted by Crippen LogP contribution is 2.45. The summed E-state index contributed by atoms with van der Waals surface area (Å²) in [5.41, 5.74) is 7.66. The van der Waals surface area contributed by atoms with Gasteiger partial charge in [-0.05, 0) is 50.5 Å². The zero-order valence-electron chi connectivity index (χ0n) is 13.8. The van der Waals surface area contributed by atoms with Crippen molar-refractivity contribution in [2.75, 3.05) is 12.8 Å². The number of aromatic nitrogens is 1. The summed E-state index contributed by atoms with van der Waals surface area (Å²) in [4.78, 5) is 4.39. The molecule has 0 saturated heterocycles. The maximum absolute atomic E-state index is 12.7. The number of ether oxygens (including phenoxy) is 1. The van der Waals surface area contributed by atoms with Crippen molar-refractivity contribution in [3.63, 3.8) is 0 Å². The van der Waals surface area contributed by atoms with Gasteiger partial charge in [-0.3, -0.25) is 0 Å². The fourth-order valence-corrected chi connectivity index (χ4v) is 3.45. The van der Waals surface area contributed by atoms with Crippen LogP contribution < -0.4 is 10.5 Å². The molecule has 0 aromatic carbocycles. The summed E-state index contributed by atoms with van der Waals surface area (Å²) < 4.78 is 43.7. The first kappa shape index (κ1) is 17.1. The van der Waals surface area contributed by atoms with E-state index < -0.39 is 12.1 Å². The van der Waals surface area contributed by atoms with E-state index in [4.69, 9.17) is 10.5 Å². The van der Waals surface area contributed by atoms with Gasteiger partial charge in [0.1, 0.15) is 11.6 Å². The Morgan fingerprint density at radius 2 is 1.83 bits per heavy atom. The second-order valence-electron chi connectivity index (χ2n) is 6.84. The predicted molar refractivity (Wildman–Crippen MR) is 87.7 cm³/mol. The molecule has 132 valence electrons. The van der Waals surface area contributed by atoms with Gasteiger partial charge in [-0.1, -0.05) is 12.2 Å². The second kappa shape index (κ2) is 6.65. The van der Waals surface area contributed by atoms with E-state index in [1.807, 2.05) is 12.2 Å². The van der Waals surface area contributed by atoms with Crippen LogP contribution in [0, 0.1) is 11.8 Å². The molecule has 3 rings (SSSR count). The van der Waals surface area contributed by atoms with Crippen LogP contribution in [0.25, 0.3) is 6.08 Å². The van der Waals surface area contributed by atoms with Gasteiger partial charge in [0, 0.05) is 11.5 Å². The molecule has 2 saturated carbocycles. The van der Waals surface area contributed by atoms with Crippen LogP contribution in [0.1, 0.15) is 55.7 Å². The van der Waals surface area contributed by atoms with Gasteiger partial charge in [-0.15, -0.1) is 0 Å². The fourth-order valence-electron chi connectivity index (χ4n) is 3.45. The van der Waals surface area contributed by atoms with Gasteiger partial charge >= 0.3 is 6.18 Å². The molecule has 2 fully saturated rings. The Balaban J connectivity index is 1.71. The van der Waals surface area contributed by atoms with Crippen LogP contribution in [0.2, 0.25) is 0 Å². The van der Waals surface area contributed by atoms with Crippen LogP contribution >= 0.6 is 0 Å². The Morgan fingerprint density at radius 3 is 2.38 bits per heavy atom. The van der Waals surface area contributed by atoms with E-state index in [0.29, 0.717) is 24.6 Å². The number of nitrogens with zero attached hydrogens (tertiary/aromatic N) is 1. The molecule has 0 spiro atoms. The molecular formula is C18H23F3N2O. The Hall–Kier alpha value is -1.72. The Morgan fingerprint density at radius 1 is 1.17 bits per heavy atom. The number of nitrogens with two attached hydrogens (primary N) is 1. The third-order valence-corrected chi connectivity index (χ3v) is 5.00. The number of pyridine rings is 1. The zero-order chi connectivity index (χ0) is 17.3. The lowest BCUT2D eigenvalue weighted by atomic mass is 9.81. The third-order valence-electron chi connectivity index (χ3n) is 5.00. The number of rotatable bonds is 4. The van der Waals surface area contributed by atoms with E-state index in [2.05, 4.69) is 4.98 Å². The molecule has 1 aromatic heterocycles. The van der Waals surface area contributed by atoms with E-state index in [1.165, 1.54) is 0 Å². The van der Waals surface area contributed by atoms with Crippen molar-refractivity contribution in [2.24, 2.45) is 11.8 Å². The van der Waals surface area contributed by atoms with Gasteiger partial charge < -0.3 is 10.5 Å². The summed E-state index contributed by atoms with van der Waals surface area (Å²) in [6.07, 6.45) is 3.62. The van der Waals surface area contributed by atoms with Crippen LogP contribution in [-0.2, 0) is 0 Å². The molecule has 1 heterocycles. The molecule has 3 nitrogen and oxygen atoms in total. The molecular weight excluding hydrogens is 317 g/mol. The topological polar surface area (TPSA) is 48.1 Å². The molecule has 0 radical (unpaired) electrons. The number of hydrogen-bond acceptors (Lipinski definition) is 3. The predicted octanol–water partition coefficient (Wildman–Crippen LogP) is 4.93. The van der Waals surface area contributed by atoms with Crippen molar-refractivity contribution in [1.82, 2.24) is 4.98 Å². The molecule has 0 aliphatic heterocycles. The summed E-state index contributed by atoms with van der Waals surface area (Å²) in [7, 11) is 1.62. The SMILES string of the molecule is COc1c(/C=C/[C@H]2CC[C@H](C(F)(F)F)CC2)cc(N)nc1C1CC1. The molecule has 0 unspecified atom stereocenters. The standard InChI is InChI=1S/C18H23F3N2O/c1-24-17-13(10-15(22)23-16(17)12-6-7-12)5-2-11-3-8-14(9-4-11)18(19,20)21/h2,5,10-12,14H,3-4,6-9H2,1H3,(H2,22,23)/b5-2+/t11-,14-. The molecule has 6 heteroatoms. The number of allylic oxidation sites excluding steroid dienone is 1. The van der Waals surface area contributed by atoms with E-state index in [0.717, 1.165) is 29.8 Å². The number of hydrogen-bond donors (Lipinski definition) is 1. The van der Waals surface area contributed by atoms with Gasteiger partial charge in [-0.2, -0.15) is 13.2 Å². The van der Waals surface area contributed by atoms with Gasteiger partial charge in [-0.25, -0.2) is 4.98 Å². The van der Waals surface area contributed by atoms with Crippen LogP contribution in [0.3, 0.4) is 0 Å². The molecule has 0 atom stereocenters. The van der Waals surface area contributed by atoms with Gasteiger partial charge in [0.2, 0.25) is 0 Å².